The summed E-state index contributed by atoms with van der Waals surface area (Å²) >= 11 is 0. The highest BCUT2D eigenvalue weighted by atomic mass is 16.6. The van der Waals surface area contributed by atoms with Crippen LogP contribution in [0.15, 0.2) is 30.6 Å². The standard InChI is InChI=1S/C29H36N6O6/c1-28(2,3)41-27(40)33-12-11-18(13-29(33,4)5)34-16-17(15-31-34)14-30-20-8-6-7-19-23(20)26(39)35(25(19)38)21-9-10-22(36)32-24(21)37/h6-8,15-16,18,21,30H,9-14H2,1-5H3,(H,32,36,37). The van der Waals surface area contributed by atoms with E-state index < -0.39 is 40.8 Å². The summed E-state index contributed by atoms with van der Waals surface area (Å²) in [6.45, 7) is 10.5. The maximum Gasteiger partial charge on any atom is 0.410 e. The van der Waals surface area contributed by atoms with Crippen molar-refractivity contribution in [3.8, 4) is 0 Å². The number of amides is 5. The third-order valence-corrected chi connectivity index (χ3v) is 7.75. The van der Waals surface area contributed by atoms with E-state index in [4.69, 9.17) is 4.74 Å². The van der Waals surface area contributed by atoms with Crippen LogP contribution in [0.1, 0.15) is 92.6 Å². The van der Waals surface area contributed by atoms with Gasteiger partial charge in [-0.1, -0.05) is 6.07 Å². The molecule has 2 fully saturated rings. The second-order valence-corrected chi connectivity index (χ2v) is 12.4. The number of hydrogen-bond acceptors (Lipinski definition) is 8. The molecule has 0 radical (unpaired) electrons. The van der Waals surface area contributed by atoms with Gasteiger partial charge in [-0.25, -0.2) is 4.79 Å². The van der Waals surface area contributed by atoms with E-state index in [1.54, 1.807) is 29.3 Å². The van der Waals surface area contributed by atoms with Crippen molar-refractivity contribution in [3.63, 3.8) is 0 Å². The van der Waals surface area contributed by atoms with Crippen LogP contribution >= 0.6 is 0 Å². The molecule has 0 aliphatic carbocycles. The Balaban J connectivity index is 1.25. The van der Waals surface area contributed by atoms with Gasteiger partial charge in [-0.15, -0.1) is 0 Å². The first-order valence-electron chi connectivity index (χ1n) is 13.9. The molecular formula is C29H36N6O6. The summed E-state index contributed by atoms with van der Waals surface area (Å²) in [5.41, 5.74) is 0.823. The molecule has 1 aromatic heterocycles. The number of carbonyl (C=O) groups excluding carboxylic acids is 5. The number of fused-ring (bicyclic) bond motifs is 1. The monoisotopic (exact) mass is 564 g/mol. The van der Waals surface area contributed by atoms with E-state index in [2.05, 4.69) is 15.7 Å². The predicted molar refractivity (Wildman–Crippen MR) is 148 cm³/mol. The van der Waals surface area contributed by atoms with Gasteiger partial charge in [-0.3, -0.25) is 34.1 Å². The summed E-state index contributed by atoms with van der Waals surface area (Å²) in [7, 11) is 0. The first-order chi connectivity index (χ1) is 19.2. The zero-order valence-corrected chi connectivity index (χ0v) is 24.0. The lowest BCUT2D eigenvalue weighted by Gasteiger charge is -2.45. The highest BCUT2D eigenvalue weighted by Crippen LogP contribution is 2.36. The summed E-state index contributed by atoms with van der Waals surface area (Å²) in [5, 5.41) is 10.0. The molecule has 0 spiro atoms. The van der Waals surface area contributed by atoms with Gasteiger partial charge in [0.25, 0.3) is 11.8 Å². The Morgan fingerprint density at radius 3 is 2.59 bits per heavy atom. The van der Waals surface area contributed by atoms with Gasteiger partial charge in [0.2, 0.25) is 11.8 Å². The van der Waals surface area contributed by atoms with Crippen LogP contribution in [0.2, 0.25) is 0 Å². The number of imide groups is 2. The van der Waals surface area contributed by atoms with E-state index in [9.17, 15) is 24.0 Å². The van der Waals surface area contributed by atoms with Crippen molar-refractivity contribution in [2.24, 2.45) is 0 Å². The molecule has 12 heteroatoms. The van der Waals surface area contributed by atoms with E-state index in [0.29, 0.717) is 25.2 Å². The number of rotatable bonds is 5. The molecule has 5 amide bonds. The molecule has 218 valence electrons. The smallest absolute Gasteiger partial charge is 0.410 e. The second-order valence-electron chi connectivity index (χ2n) is 12.4. The molecule has 2 aromatic rings. The fourth-order valence-corrected chi connectivity index (χ4v) is 5.78. The molecule has 0 bridgehead atoms. The third kappa shape index (κ3) is 5.55. The first-order valence-corrected chi connectivity index (χ1v) is 13.9. The van der Waals surface area contributed by atoms with Crippen molar-refractivity contribution in [1.82, 2.24) is 24.9 Å². The van der Waals surface area contributed by atoms with Crippen LogP contribution in [0.25, 0.3) is 0 Å². The molecule has 5 rings (SSSR count). The second kappa shape index (κ2) is 10.3. The van der Waals surface area contributed by atoms with Gasteiger partial charge in [0, 0.05) is 42.5 Å². The number of ether oxygens (including phenoxy) is 1. The van der Waals surface area contributed by atoms with Gasteiger partial charge < -0.3 is 15.0 Å². The van der Waals surface area contributed by atoms with Crippen molar-refractivity contribution >= 4 is 35.4 Å². The Labute approximate surface area is 238 Å². The minimum atomic E-state index is -1.02. The van der Waals surface area contributed by atoms with Crippen molar-refractivity contribution in [1.29, 1.82) is 0 Å². The zero-order chi connectivity index (χ0) is 29.7. The normalized spacial score (nSPS) is 22.5. The fraction of sp³-hybridized carbons (Fsp3) is 0.517. The van der Waals surface area contributed by atoms with Gasteiger partial charge in [0.1, 0.15) is 11.6 Å². The summed E-state index contributed by atoms with van der Waals surface area (Å²) < 4.78 is 7.52. The molecule has 3 aliphatic heterocycles. The molecule has 4 heterocycles. The number of piperidine rings is 2. The largest absolute Gasteiger partial charge is 0.444 e. The Hall–Kier alpha value is -4.22. The number of nitrogens with one attached hydrogen (secondary N) is 2. The Morgan fingerprint density at radius 2 is 1.90 bits per heavy atom. The molecule has 2 N–H and O–H groups in total. The number of carbonyl (C=O) groups is 5. The molecule has 2 saturated heterocycles. The average molecular weight is 565 g/mol. The van der Waals surface area contributed by atoms with Crippen LogP contribution in [0.3, 0.4) is 0 Å². The highest BCUT2D eigenvalue weighted by molar-refractivity contribution is 6.25. The number of aromatic nitrogens is 2. The van der Waals surface area contributed by atoms with Crippen molar-refractivity contribution < 1.29 is 28.7 Å². The van der Waals surface area contributed by atoms with E-state index >= 15 is 0 Å². The summed E-state index contributed by atoms with van der Waals surface area (Å²) in [4.78, 5) is 65.9. The molecule has 41 heavy (non-hydrogen) atoms. The van der Waals surface area contributed by atoms with Gasteiger partial charge in [0.15, 0.2) is 0 Å². The number of likely N-dealkylation sites (tertiary alicyclic amines) is 1. The highest BCUT2D eigenvalue weighted by Gasteiger charge is 2.45. The molecule has 1 aromatic carbocycles. The number of nitrogens with zero attached hydrogens (tertiary/aromatic N) is 4. The van der Waals surface area contributed by atoms with Crippen molar-refractivity contribution in [3.05, 3.63) is 47.3 Å². The zero-order valence-electron chi connectivity index (χ0n) is 24.0. The van der Waals surface area contributed by atoms with E-state index in [1.807, 2.05) is 45.5 Å². The van der Waals surface area contributed by atoms with Gasteiger partial charge in [0.05, 0.1) is 23.4 Å². The molecule has 0 saturated carbocycles. The molecule has 2 atom stereocenters. The lowest BCUT2D eigenvalue weighted by Crippen LogP contribution is -2.54. The molecular weight excluding hydrogens is 528 g/mol. The van der Waals surface area contributed by atoms with Gasteiger partial charge >= 0.3 is 6.09 Å². The van der Waals surface area contributed by atoms with Gasteiger partial charge in [-0.05, 0) is 66.0 Å². The molecule has 12 nitrogen and oxygen atoms in total. The van der Waals surface area contributed by atoms with Crippen molar-refractivity contribution in [2.45, 2.75) is 90.1 Å². The van der Waals surface area contributed by atoms with Gasteiger partial charge in [-0.2, -0.15) is 5.10 Å². The molecule has 2 unspecified atom stereocenters. The van der Waals surface area contributed by atoms with E-state index in [1.165, 1.54) is 0 Å². The molecule has 3 aliphatic rings. The lowest BCUT2D eigenvalue weighted by molar-refractivity contribution is -0.136. The summed E-state index contributed by atoms with van der Waals surface area (Å²) in [5.74, 6) is -2.16. The SMILES string of the molecule is CC(C)(C)OC(=O)N1CCC(n2cc(CNc3cccc4c3C(=O)N(C3CCC(=O)NC3=O)C4=O)cn2)CC1(C)C. The minimum Gasteiger partial charge on any atom is -0.444 e. The average Bonchev–Trinajstić information content (AvgIpc) is 3.45. The van der Waals surface area contributed by atoms with Crippen LogP contribution in [-0.2, 0) is 20.9 Å². The first kappa shape index (κ1) is 28.3. The summed E-state index contributed by atoms with van der Waals surface area (Å²) in [6.07, 6.45) is 5.00. The quantitative estimate of drug-likeness (QED) is 0.527. The summed E-state index contributed by atoms with van der Waals surface area (Å²) in [6, 6.07) is 4.05. The third-order valence-electron chi connectivity index (χ3n) is 7.75. The van der Waals surface area contributed by atoms with Crippen molar-refractivity contribution in [2.75, 3.05) is 11.9 Å². The van der Waals surface area contributed by atoms with Crippen LogP contribution in [0.5, 0.6) is 0 Å². The number of hydrogen-bond donors (Lipinski definition) is 2. The van der Waals surface area contributed by atoms with Crippen LogP contribution in [0.4, 0.5) is 10.5 Å². The Kier molecular flexibility index (Phi) is 7.12. The minimum absolute atomic E-state index is 0.0656. The topological polar surface area (TPSA) is 143 Å². The number of benzene rings is 1. The maximum absolute atomic E-state index is 13.3. The van der Waals surface area contributed by atoms with Crippen LogP contribution < -0.4 is 10.6 Å². The lowest BCUT2D eigenvalue weighted by atomic mass is 9.87. The Bertz CT molecular complexity index is 1420. The Morgan fingerprint density at radius 1 is 1.15 bits per heavy atom. The predicted octanol–water partition coefficient (Wildman–Crippen LogP) is 3.25. The number of anilines is 1. The van der Waals surface area contributed by atoms with Crippen LogP contribution in [-0.4, -0.2) is 73.0 Å². The van der Waals surface area contributed by atoms with E-state index in [0.717, 1.165) is 16.9 Å². The fourth-order valence-electron chi connectivity index (χ4n) is 5.78. The maximum atomic E-state index is 13.3. The van der Waals surface area contributed by atoms with Crippen LogP contribution in [0, 0.1) is 0 Å². The van der Waals surface area contributed by atoms with E-state index in [-0.39, 0.29) is 36.1 Å².